The van der Waals surface area contributed by atoms with Gasteiger partial charge in [0.1, 0.15) is 18.1 Å². The van der Waals surface area contributed by atoms with Crippen molar-refractivity contribution in [3.05, 3.63) is 22.4 Å². The Hall–Kier alpha value is -2.21. The number of hydrogen-bond donors (Lipinski definition) is 5. The number of alkyl halides is 1. The average molecular weight is 471 g/mol. The number of fused-ring (bicyclic) bond motifs is 1. The molecule has 14 nitrogen and oxygen atoms in total. The topological polar surface area (TPSA) is 223 Å². The molecule has 164 valence electrons. The summed E-state index contributed by atoms with van der Waals surface area (Å²) >= 11 is 0. The molecule has 1 fully saturated rings. The molecule has 1 aliphatic rings. The zero-order chi connectivity index (χ0) is 22.5. The molecule has 0 aromatic carbocycles. The number of phosphoric acid groups is 2. The van der Waals surface area contributed by atoms with Crippen LogP contribution in [-0.4, -0.2) is 41.7 Å². The smallest absolute Gasteiger partial charge is 0.369 e. The molecule has 30 heavy (non-hydrogen) atoms. The number of H-pyrrole nitrogens is 1. The summed E-state index contributed by atoms with van der Waals surface area (Å²) < 4.78 is 65.0. The van der Waals surface area contributed by atoms with Crippen molar-refractivity contribution in [3.8, 4) is 6.07 Å². The Morgan fingerprint density at radius 1 is 1.43 bits per heavy atom. The Morgan fingerprint density at radius 3 is 2.70 bits per heavy atom. The second-order valence-corrected chi connectivity index (χ2v) is 9.02. The molecular formula is C12H13F2N5O9P2. The van der Waals surface area contributed by atoms with Crippen LogP contribution in [0.3, 0.4) is 0 Å². The first-order valence-electron chi connectivity index (χ1n) is 7.81. The lowest BCUT2D eigenvalue weighted by atomic mass is 10.1. The molecular weight excluding hydrogens is 458 g/mol. The number of nitrogens with two attached hydrogens (primary N) is 1. The number of hydrogen-bond acceptors (Lipinski definition) is 9. The molecule has 18 heteroatoms. The standard InChI is InChI=1S/C12H13F2N5O9P2/c13-6-3-19(8-7(6)9(20)18-10(16)17-8)12(4-15)2-1-11(14,27-12)5-26-30(24,25)28-29(21,22)23/h3H,1-2,5H2,(H,24,25)(H2,21,22,23)(H3,16,17,18,20)/t11-,12-/m0/s1. The normalized spacial score (nSPS) is 26.5. The van der Waals surface area contributed by atoms with Gasteiger partial charge >= 0.3 is 15.6 Å². The molecule has 1 saturated heterocycles. The predicted octanol–water partition coefficient (Wildman–Crippen LogP) is 0.325. The highest BCUT2D eigenvalue weighted by Gasteiger charge is 2.54. The minimum atomic E-state index is -5.44. The number of nitrogens with zero attached hydrogens (tertiary/aromatic N) is 3. The van der Waals surface area contributed by atoms with Gasteiger partial charge in [0.2, 0.25) is 17.5 Å². The van der Waals surface area contributed by atoms with Crippen LogP contribution in [0.4, 0.5) is 14.7 Å². The first kappa shape index (κ1) is 22.5. The summed E-state index contributed by atoms with van der Waals surface area (Å²) in [4.78, 5) is 44.1. The fourth-order valence-corrected chi connectivity index (χ4v) is 4.50. The zero-order valence-corrected chi connectivity index (χ0v) is 16.3. The number of aromatic amines is 1. The van der Waals surface area contributed by atoms with E-state index in [2.05, 4.69) is 18.8 Å². The van der Waals surface area contributed by atoms with E-state index in [1.807, 2.05) is 0 Å². The summed E-state index contributed by atoms with van der Waals surface area (Å²) in [6, 6.07) is 1.63. The van der Waals surface area contributed by atoms with E-state index in [0.717, 1.165) is 4.57 Å². The zero-order valence-electron chi connectivity index (χ0n) is 14.6. The summed E-state index contributed by atoms with van der Waals surface area (Å²) in [6.45, 7) is -1.37. The van der Waals surface area contributed by atoms with Crippen molar-refractivity contribution in [1.82, 2.24) is 14.5 Å². The minimum Gasteiger partial charge on any atom is -0.369 e. The number of halogens is 2. The highest BCUT2D eigenvalue weighted by molar-refractivity contribution is 7.60. The SMILES string of the molecule is N#C[C@]1(n2cc(F)c3c(=O)[nH]c(N)nc32)CC[C@@](F)(COP(=O)(O)OP(=O)(O)O)O1. The van der Waals surface area contributed by atoms with Crippen LogP contribution in [0.2, 0.25) is 0 Å². The quantitative estimate of drug-likeness (QED) is 0.359. The van der Waals surface area contributed by atoms with Gasteiger partial charge in [0.15, 0.2) is 11.5 Å². The number of nitriles is 1. The van der Waals surface area contributed by atoms with E-state index in [1.54, 1.807) is 6.07 Å². The number of rotatable bonds is 6. The number of anilines is 1. The second-order valence-electron chi connectivity index (χ2n) is 6.19. The van der Waals surface area contributed by atoms with E-state index in [9.17, 15) is 28.5 Å². The average Bonchev–Trinajstić information content (AvgIpc) is 3.10. The van der Waals surface area contributed by atoms with Crippen LogP contribution in [0.5, 0.6) is 0 Å². The Bertz CT molecular complexity index is 1210. The van der Waals surface area contributed by atoms with E-state index >= 15 is 4.39 Å². The lowest BCUT2D eigenvalue weighted by Gasteiger charge is -2.27. The van der Waals surface area contributed by atoms with Gasteiger partial charge in [-0.1, -0.05) is 0 Å². The Labute approximate surface area is 164 Å². The van der Waals surface area contributed by atoms with Gasteiger partial charge in [-0.05, 0) is 0 Å². The fourth-order valence-electron chi connectivity index (χ4n) is 2.88. The number of ether oxygens (including phenoxy) is 1. The third kappa shape index (κ3) is 4.29. The molecule has 0 amide bonds. The Kier molecular flexibility index (Phi) is 5.38. The molecule has 0 radical (unpaired) electrons. The van der Waals surface area contributed by atoms with Gasteiger partial charge in [0.25, 0.3) is 5.56 Å². The van der Waals surface area contributed by atoms with Gasteiger partial charge in [-0.15, -0.1) is 0 Å². The van der Waals surface area contributed by atoms with Crippen molar-refractivity contribution in [2.45, 2.75) is 24.4 Å². The minimum absolute atomic E-state index is 0.413. The monoisotopic (exact) mass is 471 g/mol. The Morgan fingerprint density at radius 2 is 2.10 bits per heavy atom. The van der Waals surface area contributed by atoms with Crippen molar-refractivity contribution in [2.75, 3.05) is 12.3 Å². The third-order valence-corrected chi connectivity index (χ3v) is 6.17. The van der Waals surface area contributed by atoms with E-state index in [0.29, 0.717) is 6.20 Å². The van der Waals surface area contributed by atoms with Crippen LogP contribution in [0.15, 0.2) is 11.0 Å². The highest BCUT2D eigenvalue weighted by atomic mass is 31.3. The summed E-state index contributed by atoms with van der Waals surface area (Å²) in [5, 5.41) is 9.02. The predicted molar refractivity (Wildman–Crippen MR) is 91.4 cm³/mol. The summed E-state index contributed by atoms with van der Waals surface area (Å²) in [5.74, 6) is -4.44. The van der Waals surface area contributed by atoms with Crippen LogP contribution < -0.4 is 11.3 Å². The van der Waals surface area contributed by atoms with Crippen molar-refractivity contribution in [3.63, 3.8) is 0 Å². The molecule has 1 unspecified atom stereocenters. The molecule has 3 atom stereocenters. The highest BCUT2D eigenvalue weighted by Crippen LogP contribution is 2.58. The lowest BCUT2D eigenvalue weighted by Crippen LogP contribution is -2.37. The van der Waals surface area contributed by atoms with E-state index in [4.69, 9.17) is 20.3 Å². The lowest BCUT2D eigenvalue weighted by molar-refractivity contribution is -0.199. The van der Waals surface area contributed by atoms with Gasteiger partial charge in [-0.25, -0.2) is 17.9 Å². The molecule has 3 rings (SSSR count). The molecule has 0 bridgehead atoms. The van der Waals surface area contributed by atoms with Crippen molar-refractivity contribution >= 4 is 32.6 Å². The van der Waals surface area contributed by atoms with Crippen molar-refractivity contribution < 1.29 is 46.2 Å². The molecule has 6 N–H and O–H groups in total. The van der Waals surface area contributed by atoms with Gasteiger partial charge in [0.05, 0.1) is 0 Å². The first-order chi connectivity index (χ1) is 13.7. The largest absolute Gasteiger partial charge is 0.481 e. The molecule has 0 spiro atoms. The van der Waals surface area contributed by atoms with Gasteiger partial charge in [-0.2, -0.15) is 14.6 Å². The molecule has 0 saturated carbocycles. The van der Waals surface area contributed by atoms with Crippen molar-refractivity contribution in [1.29, 1.82) is 5.26 Å². The number of nitrogen functional groups attached to an aromatic ring is 1. The van der Waals surface area contributed by atoms with Gasteiger partial charge in [0, 0.05) is 19.0 Å². The van der Waals surface area contributed by atoms with Crippen LogP contribution in [0.1, 0.15) is 12.8 Å². The second kappa shape index (κ2) is 7.19. The number of nitrogens with one attached hydrogen (secondary N) is 1. The van der Waals surface area contributed by atoms with E-state index < -0.39 is 75.0 Å². The van der Waals surface area contributed by atoms with Crippen molar-refractivity contribution in [2.24, 2.45) is 0 Å². The van der Waals surface area contributed by atoms with Gasteiger partial charge in [-0.3, -0.25) is 18.9 Å². The molecule has 2 aromatic heterocycles. The molecule has 1 aliphatic heterocycles. The number of aromatic nitrogens is 3. The third-order valence-electron chi connectivity index (χ3n) is 4.03. The van der Waals surface area contributed by atoms with E-state index in [1.165, 1.54) is 0 Å². The molecule has 3 heterocycles. The summed E-state index contributed by atoms with van der Waals surface area (Å²) in [5.41, 5.74) is 1.80. The van der Waals surface area contributed by atoms with Gasteiger partial charge < -0.3 is 25.2 Å². The van der Waals surface area contributed by atoms with Crippen LogP contribution in [0.25, 0.3) is 11.0 Å². The maximum Gasteiger partial charge on any atom is 0.481 e. The maximum atomic E-state index is 15.0. The van der Waals surface area contributed by atoms with Crippen LogP contribution in [0, 0.1) is 17.1 Å². The Balaban J connectivity index is 1.92. The summed E-state index contributed by atoms with van der Waals surface area (Å²) in [7, 11) is -10.8. The molecule has 0 aliphatic carbocycles. The summed E-state index contributed by atoms with van der Waals surface area (Å²) in [6.07, 6.45) is -0.400. The van der Waals surface area contributed by atoms with Crippen LogP contribution >= 0.6 is 15.6 Å². The fraction of sp³-hybridized carbons (Fsp3) is 0.417. The molecule has 2 aromatic rings. The van der Waals surface area contributed by atoms with Crippen LogP contribution in [-0.2, 0) is 28.4 Å². The van der Waals surface area contributed by atoms with E-state index in [-0.39, 0.29) is 0 Å². The maximum absolute atomic E-state index is 15.0. The number of phosphoric ester groups is 1. The first-order valence-corrected chi connectivity index (χ1v) is 10.8.